The van der Waals surface area contributed by atoms with Crippen LogP contribution < -0.4 is 10.6 Å². The summed E-state index contributed by atoms with van der Waals surface area (Å²) in [7, 11) is 0. The van der Waals surface area contributed by atoms with Crippen molar-refractivity contribution in [2.75, 3.05) is 23.9 Å². The van der Waals surface area contributed by atoms with Crippen molar-refractivity contribution in [2.45, 2.75) is 59.6 Å². The molecule has 85 heavy (non-hydrogen) atoms. The van der Waals surface area contributed by atoms with E-state index in [-0.39, 0.29) is 22.9 Å². The van der Waals surface area contributed by atoms with Gasteiger partial charge in [-0.15, -0.1) is 34.9 Å². The SMILES string of the molecule is CSC1(NC(=O)C(=NOC(c2ccccc2)(c2ccccc2)c2ccccc2)c2csc(NC(c3ccccc3)(c3ccccc3)c3ccccc3)n2)C(=O)N2C(C(=O)OC(c3ccccc3)c3ccccc3)=C(C3CCOC(C)(C)O3)CS[C@H]21. The van der Waals surface area contributed by atoms with Gasteiger partial charge in [0, 0.05) is 34.2 Å². The molecule has 2 fully saturated rings. The highest BCUT2D eigenvalue weighted by Crippen LogP contribution is 2.53. The molecule has 12 nitrogen and oxygen atoms in total. The summed E-state index contributed by atoms with van der Waals surface area (Å²) >= 11 is 3.92. The number of esters is 1. The number of carbonyl (C=O) groups is 3. The van der Waals surface area contributed by atoms with Crippen molar-refractivity contribution < 1.29 is 33.4 Å². The van der Waals surface area contributed by atoms with E-state index in [9.17, 15) is 0 Å². The van der Waals surface area contributed by atoms with Gasteiger partial charge < -0.3 is 29.7 Å². The molecule has 4 heterocycles. The van der Waals surface area contributed by atoms with Gasteiger partial charge in [-0.1, -0.05) is 248 Å². The monoisotopic (exact) mass is 1180 g/mol. The minimum Gasteiger partial charge on any atom is -0.448 e. The maximum atomic E-state index is 16.0. The van der Waals surface area contributed by atoms with Gasteiger partial charge in [-0.3, -0.25) is 14.5 Å². The minimum absolute atomic E-state index is 0.0803. The minimum atomic E-state index is -1.62. The van der Waals surface area contributed by atoms with Gasteiger partial charge in [-0.25, -0.2) is 9.78 Å². The number of rotatable bonds is 19. The number of amides is 2. The number of hydrogen-bond acceptors (Lipinski definition) is 13. The molecule has 15 heteroatoms. The summed E-state index contributed by atoms with van der Waals surface area (Å²) in [6.45, 7) is 4.04. The van der Waals surface area contributed by atoms with Crippen LogP contribution in [0.4, 0.5) is 5.13 Å². The molecular formula is C70H61N5O7S3. The topological polar surface area (TPSA) is 141 Å². The number of aromatic nitrogens is 1. The summed E-state index contributed by atoms with van der Waals surface area (Å²) in [4.78, 5) is 59.1. The molecule has 0 aliphatic carbocycles. The third-order valence-corrected chi connectivity index (χ3v) is 19.0. The van der Waals surface area contributed by atoms with Crippen LogP contribution in [0, 0.1) is 0 Å². The number of carbonyl (C=O) groups excluding carboxylic acids is 3. The molecule has 9 aromatic rings. The molecular weight excluding hydrogens is 1120 g/mol. The third-order valence-electron chi connectivity index (χ3n) is 15.6. The van der Waals surface area contributed by atoms with Gasteiger partial charge in [-0.2, -0.15) is 0 Å². The van der Waals surface area contributed by atoms with Crippen LogP contribution in [0.5, 0.6) is 0 Å². The van der Waals surface area contributed by atoms with Gasteiger partial charge >= 0.3 is 5.97 Å². The summed E-state index contributed by atoms with van der Waals surface area (Å²) in [6, 6.07) is 78.9. The smallest absolute Gasteiger partial charge is 0.356 e. The van der Waals surface area contributed by atoms with Crippen LogP contribution in [-0.2, 0) is 44.6 Å². The summed E-state index contributed by atoms with van der Waals surface area (Å²) in [5, 5.41) is 13.5. The summed E-state index contributed by atoms with van der Waals surface area (Å²) in [6.07, 6.45) is 0.829. The van der Waals surface area contributed by atoms with Crippen LogP contribution >= 0.6 is 34.9 Å². The van der Waals surface area contributed by atoms with Crippen LogP contribution in [0.25, 0.3) is 0 Å². The van der Waals surface area contributed by atoms with Crippen LogP contribution in [0.15, 0.2) is 264 Å². The first kappa shape index (κ1) is 56.9. The van der Waals surface area contributed by atoms with E-state index in [2.05, 4.69) is 47.0 Å². The number of fused-ring (bicyclic) bond motifs is 1. The van der Waals surface area contributed by atoms with Crippen LogP contribution in [0.1, 0.15) is 76.6 Å². The zero-order valence-electron chi connectivity index (χ0n) is 46.9. The molecule has 3 atom stereocenters. The van der Waals surface area contributed by atoms with E-state index in [1.807, 2.05) is 220 Å². The first-order valence-corrected chi connectivity index (χ1v) is 31.2. The van der Waals surface area contributed by atoms with Crippen molar-refractivity contribution in [3.8, 4) is 0 Å². The maximum absolute atomic E-state index is 16.0. The van der Waals surface area contributed by atoms with Crippen molar-refractivity contribution >= 4 is 63.5 Å². The third kappa shape index (κ3) is 11.0. The molecule has 2 amide bonds. The molecule has 2 saturated heterocycles. The Morgan fingerprint density at radius 1 is 0.671 bits per heavy atom. The molecule has 0 spiro atoms. The number of oxime groups is 1. The van der Waals surface area contributed by atoms with Crippen molar-refractivity contribution in [1.29, 1.82) is 0 Å². The van der Waals surface area contributed by atoms with Gasteiger partial charge in [-0.05, 0) is 53.5 Å². The van der Waals surface area contributed by atoms with Gasteiger partial charge in [0.15, 0.2) is 27.6 Å². The average molecular weight is 1180 g/mol. The van der Waals surface area contributed by atoms with Gasteiger partial charge in [0.2, 0.25) is 5.60 Å². The van der Waals surface area contributed by atoms with Gasteiger partial charge in [0.25, 0.3) is 11.8 Å². The van der Waals surface area contributed by atoms with E-state index in [0.29, 0.717) is 23.7 Å². The zero-order chi connectivity index (χ0) is 58.4. The Morgan fingerprint density at radius 3 is 1.56 bits per heavy atom. The molecule has 8 aromatic carbocycles. The normalized spacial score (nSPS) is 18.7. The standard InChI is InChI=1S/C70H61N5O7S3/c1-67(2)79-45-44-58(81-67)56-46-84-65-70(83-3,64(78)75(65)60(56)63(77)80-61(48-28-12-4-13-29-48)49-30-14-5-15-31-49)72-62(76)59(74-82-69(53-38-22-9-23-39-53,54-40-24-10-25-41-54)55-42-26-11-27-43-55)57-47-85-66(71-57)73-68(50-32-16-6-17-33-50,51-34-18-7-19-35-51)52-36-20-8-21-37-52/h4-43,47,58,61,65H,44-46H2,1-3H3,(H,71,73)(H,72,76)/t58?,65-,70?/m0/s1. The number of thioether (sulfide) groups is 2. The number of anilines is 1. The number of hydrogen-bond donors (Lipinski definition) is 2. The van der Waals surface area contributed by atoms with E-state index in [4.69, 9.17) is 29.2 Å². The molecule has 3 aliphatic rings. The van der Waals surface area contributed by atoms with E-state index >= 15 is 14.4 Å². The molecule has 2 unspecified atom stereocenters. The Morgan fingerprint density at radius 2 is 1.12 bits per heavy atom. The second-order valence-electron chi connectivity index (χ2n) is 21.2. The average Bonchev–Trinajstić information content (AvgIpc) is 1.04. The van der Waals surface area contributed by atoms with Crippen LogP contribution in [-0.4, -0.2) is 74.1 Å². The molecule has 2 N–H and O–H groups in total. The summed E-state index contributed by atoms with van der Waals surface area (Å²) in [5.74, 6) is -2.64. The first-order valence-electron chi connectivity index (χ1n) is 28.1. The lowest BCUT2D eigenvalue weighted by Crippen LogP contribution is -2.78. The number of ether oxygens (including phenoxy) is 3. The lowest BCUT2D eigenvalue weighted by molar-refractivity contribution is -0.265. The van der Waals surface area contributed by atoms with Crippen molar-refractivity contribution in [3.63, 3.8) is 0 Å². The Kier molecular flexibility index (Phi) is 16.4. The van der Waals surface area contributed by atoms with Gasteiger partial charge in [0.05, 0.1) is 12.7 Å². The maximum Gasteiger partial charge on any atom is 0.356 e. The van der Waals surface area contributed by atoms with Gasteiger partial charge in [0.1, 0.15) is 22.3 Å². The second-order valence-corrected chi connectivity index (χ2v) is 24.2. The lowest BCUT2D eigenvalue weighted by Gasteiger charge is -2.57. The molecule has 1 aromatic heterocycles. The Hall–Kier alpha value is -8.57. The molecule has 3 aliphatic heterocycles. The fraction of sp³-hybridized carbons (Fsp3) is 0.186. The van der Waals surface area contributed by atoms with Crippen molar-refractivity contribution in [3.05, 3.63) is 310 Å². The van der Waals surface area contributed by atoms with E-state index in [1.54, 1.807) is 11.6 Å². The summed E-state index contributed by atoms with van der Waals surface area (Å²) < 4.78 is 19.1. The molecule has 12 rings (SSSR count). The molecule has 0 bridgehead atoms. The van der Waals surface area contributed by atoms with E-state index in [1.165, 1.54) is 39.8 Å². The van der Waals surface area contributed by atoms with Crippen molar-refractivity contribution in [2.24, 2.45) is 5.16 Å². The van der Waals surface area contributed by atoms with E-state index < -0.39 is 57.2 Å². The molecule has 0 radical (unpaired) electrons. The largest absolute Gasteiger partial charge is 0.448 e. The van der Waals surface area contributed by atoms with Crippen molar-refractivity contribution in [1.82, 2.24) is 15.2 Å². The predicted molar refractivity (Wildman–Crippen MR) is 337 cm³/mol. The Labute approximate surface area is 507 Å². The number of nitrogens with zero attached hydrogens (tertiary/aromatic N) is 3. The van der Waals surface area contributed by atoms with Crippen LogP contribution in [0.2, 0.25) is 0 Å². The van der Waals surface area contributed by atoms with Crippen LogP contribution in [0.3, 0.4) is 0 Å². The quantitative estimate of drug-likeness (QED) is 0.0200. The lowest BCUT2D eigenvalue weighted by atomic mass is 9.77. The predicted octanol–water partition coefficient (Wildman–Crippen LogP) is 13.5. The zero-order valence-corrected chi connectivity index (χ0v) is 49.4. The highest BCUT2D eigenvalue weighted by Gasteiger charge is 2.66. The highest BCUT2D eigenvalue weighted by molar-refractivity contribution is 8.05. The second kappa shape index (κ2) is 24.6. The number of nitrogens with one attached hydrogen (secondary N) is 2. The Balaban J connectivity index is 0.966. The Bertz CT molecular complexity index is 3610. The number of β-lactam (4-membered cyclic amide) rings is 1. The fourth-order valence-electron chi connectivity index (χ4n) is 11.6. The number of benzene rings is 8. The first-order chi connectivity index (χ1) is 41.5. The summed E-state index contributed by atoms with van der Waals surface area (Å²) in [5.41, 5.74) is 4.96. The molecule has 0 saturated carbocycles. The number of thiazole rings is 1. The molecule has 426 valence electrons. The highest BCUT2D eigenvalue weighted by atomic mass is 32.2. The van der Waals surface area contributed by atoms with E-state index in [0.717, 1.165) is 44.5 Å². The fourth-order valence-corrected chi connectivity index (χ4v) is 15.0.